The average molecular weight is 342 g/mol. The quantitative estimate of drug-likeness (QED) is 0.859. The predicted molar refractivity (Wildman–Crippen MR) is 88.7 cm³/mol. The first-order chi connectivity index (χ1) is 12.1. The number of aromatic carboxylic acids is 1. The molecule has 2 heterocycles. The van der Waals surface area contributed by atoms with Gasteiger partial charge in [-0.15, -0.1) is 0 Å². The van der Waals surface area contributed by atoms with E-state index in [0.29, 0.717) is 30.9 Å². The maximum Gasteiger partial charge on any atom is 0.335 e. The number of carbonyl (C=O) groups is 2. The highest BCUT2D eigenvalue weighted by molar-refractivity contribution is 5.94. The number of rotatable bonds is 5. The van der Waals surface area contributed by atoms with Crippen LogP contribution in [0.3, 0.4) is 0 Å². The summed E-state index contributed by atoms with van der Waals surface area (Å²) in [5, 5.41) is 11.9. The lowest BCUT2D eigenvalue weighted by Gasteiger charge is -2.32. The number of hydrogen-bond donors (Lipinski definition) is 2. The van der Waals surface area contributed by atoms with Gasteiger partial charge in [0.1, 0.15) is 11.9 Å². The SMILES string of the molecule is O=C(O)c1ccc(OC2COCCC2NC(=O)c2cccnc2)cc1. The van der Waals surface area contributed by atoms with E-state index in [4.69, 9.17) is 14.6 Å². The van der Waals surface area contributed by atoms with E-state index in [-0.39, 0.29) is 23.6 Å². The number of carboxylic acids is 1. The van der Waals surface area contributed by atoms with Crippen LogP contribution in [0.4, 0.5) is 0 Å². The Bertz CT molecular complexity index is 733. The highest BCUT2D eigenvalue weighted by Crippen LogP contribution is 2.19. The Morgan fingerprint density at radius 2 is 2.00 bits per heavy atom. The molecule has 0 spiro atoms. The smallest absolute Gasteiger partial charge is 0.335 e. The number of nitrogens with zero attached hydrogens (tertiary/aromatic N) is 1. The van der Waals surface area contributed by atoms with Crippen LogP contribution in [0.25, 0.3) is 0 Å². The minimum absolute atomic E-state index is 0.189. The Morgan fingerprint density at radius 1 is 1.20 bits per heavy atom. The summed E-state index contributed by atoms with van der Waals surface area (Å²) in [5.74, 6) is -0.676. The molecule has 3 rings (SSSR count). The molecule has 130 valence electrons. The minimum atomic E-state index is -0.992. The van der Waals surface area contributed by atoms with Crippen molar-refractivity contribution in [2.75, 3.05) is 13.2 Å². The maximum atomic E-state index is 12.3. The zero-order valence-electron chi connectivity index (χ0n) is 13.4. The average Bonchev–Trinajstić information content (AvgIpc) is 2.64. The summed E-state index contributed by atoms with van der Waals surface area (Å²) < 4.78 is 11.3. The van der Waals surface area contributed by atoms with Gasteiger partial charge in [0.05, 0.1) is 23.8 Å². The van der Waals surface area contributed by atoms with Crippen LogP contribution < -0.4 is 10.1 Å². The Hall–Kier alpha value is -2.93. The first-order valence-corrected chi connectivity index (χ1v) is 7.92. The third-order valence-electron chi connectivity index (χ3n) is 3.93. The van der Waals surface area contributed by atoms with Gasteiger partial charge in [-0.25, -0.2) is 4.79 Å². The summed E-state index contributed by atoms with van der Waals surface area (Å²) >= 11 is 0. The van der Waals surface area contributed by atoms with Crippen molar-refractivity contribution < 1.29 is 24.2 Å². The molecule has 25 heavy (non-hydrogen) atoms. The summed E-state index contributed by atoms with van der Waals surface area (Å²) in [5.41, 5.74) is 0.673. The number of amides is 1. The van der Waals surface area contributed by atoms with Crippen molar-refractivity contribution in [3.05, 3.63) is 59.9 Å². The van der Waals surface area contributed by atoms with E-state index < -0.39 is 5.97 Å². The molecule has 1 aliphatic rings. The monoisotopic (exact) mass is 342 g/mol. The van der Waals surface area contributed by atoms with Crippen molar-refractivity contribution in [2.45, 2.75) is 18.6 Å². The second kappa shape index (κ2) is 7.76. The summed E-state index contributed by atoms with van der Waals surface area (Å²) in [4.78, 5) is 27.2. The fourth-order valence-corrected chi connectivity index (χ4v) is 2.59. The van der Waals surface area contributed by atoms with E-state index in [1.807, 2.05) is 0 Å². The number of aromatic nitrogens is 1. The number of carboxylic acid groups (broad SMARTS) is 1. The molecule has 7 nitrogen and oxygen atoms in total. The first kappa shape index (κ1) is 16.9. The zero-order valence-corrected chi connectivity index (χ0v) is 13.4. The molecule has 1 aromatic carbocycles. The highest BCUT2D eigenvalue weighted by atomic mass is 16.5. The molecule has 0 saturated carbocycles. The van der Waals surface area contributed by atoms with Gasteiger partial charge in [-0.05, 0) is 42.8 Å². The van der Waals surface area contributed by atoms with E-state index in [1.165, 1.54) is 18.3 Å². The van der Waals surface area contributed by atoms with Crippen LogP contribution in [0.5, 0.6) is 5.75 Å². The molecule has 1 amide bonds. The van der Waals surface area contributed by atoms with Gasteiger partial charge in [0.15, 0.2) is 0 Å². The van der Waals surface area contributed by atoms with Crippen LogP contribution in [0.15, 0.2) is 48.8 Å². The van der Waals surface area contributed by atoms with Crippen molar-refractivity contribution in [3.63, 3.8) is 0 Å². The predicted octanol–water partition coefficient (Wildman–Crippen LogP) is 1.75. The summed E-state index contributed by atoms with van der Waals surface area (Å²) in [6, 6.07) is 9.34. The van der Waals surface area contributed by atoms with Crippen LogP contribution >= 0.6 is 0 Å². The van der Waals surface area contributed by atoms with Crippen molar-refractivity contribution in [2.24, 2.45) is 0 Å². The third kappa shape index (κ3) is 4.33. The molecule has 2 unspecified atom stereocenters. The summed E-state index contributed by atoms with van der Waals surface area (Å²) in [7, 11) is 0. The topological polar surface area (TPSA) is 97.8 Å². The van der Waals surface area contributed by atoms with E-state index in [9.17, 15) is 9.59 Å². The second-order valence-electron chi connectivity index (χ2n) is 5.67. The van der Waals surface area contributed by atoms with Gasteiger partial charge < -0.3 is 19.9 Å². The fourth-order valence-electron chi connectivity index (χ4n) is 2.59. The Morgan fingerprint density at radius 3 is 2.68 bits per heavy atom. The van der Waals surface area contributed by atoms with Crippen molar-refractivity contribution in [1.29, 1.82) is 0 Å². The third-order valence-corrected chi connectivity index (χ3v) is 3.93. The van der Waals surface area contributed by atoms with Gasteiger partial charge in [0.25, 0.3) is 5.91 Å². The Balaban J connectivity index is 1.66. The van der Waals surface area contributed by atoms with E-state index in [0.717, 1.165) is 0 Å². The van der Waals surface area contributed by atoms with Gasteiger partial charge in [-0.2, -0.15) is 0 Å². The second-order valence-corrected chi connectivity index (χ2v) is 5.67. The molecule has 1 aliphatic heterocycles. The zero-order chi connectivity index (χ0) is 17.6. The van der Waals surface area contributed by atoms with Crippen LogP contribution in [0, 0.1) is 0 Å². The van der Waals surface area contributed by atoms with Crippen molar-refractivity contribution in [3.8, 4) is 5.75 Å². The van der Waals surface area contributed by atoms with Gasteiger partial charge in [0, 0.05) is 19.0 Å². The maximum absolute atomic E-state index is 12.3. The Labute approximate surface area is 144 Å². The molecule has 1 saturated heterocycles. The molecule has 2 N–H and O–H groups in total. The number of pyridine rings is 1. The highest BCUT2D eigenvalue weighted by Gasteiger charge is 2.29. The molecule has 2 atom stereocenters. The summed E-state index contributed by atoms with van der Waals surface area (Å²) in [6.07, 6.45) is 3.39. The first-order valence-electron chi connectivity index (χ1n) is 7.92. The standard InChI is InChI=1S/C18H18N2O5/c21-17(13-2-1-8-19-10-13)20-15-7-9-24-11-16(15)25-14-5-3-12(4-6-14)18(22)23/h1-6,8,10,15-16H,7,9,11H2,(H,20,21)(H,22,23). The summed E-state index contributed by atoms with van der Waals surface area (Å²) in [6.45, 7) is 0.883. The number of hydrogen-bond acceptors (Lipinski definition) is 5. The van der Waals surface area contributed by atoms with E-state index in [2.05, 4.69) is 10.3 Å². The normalized spacial score (nSPS) is 19.8. The van der Waals surface area contributed by atoms with Crippen molar-refractivity contribution in [1.82, 2.24) is 10.3 Å². The van der Waals surface area contributed by atoms with Crippen LogP contribution in [0.2, 0.25) is 0 Å². The number of benzene rings is 1. The molecular formula is C18H18N2O5. The largest absolute Gasteiger partial charge is 0.486 e. The number of ether oxygens (including phenoxy) is 2. The van der Waals surface area contributed by atoms with Crippen molar-refractivity contribution >= 4 is 11.9 Å². The Kier molecular flexibility index (Phi) is 5.25. The van der Waals surface area contributed by atoms with E-state index in [1.54, 1.807) is 30.5 Å². The van der Waals surface area contributed by atoms with Crippen LogP contribution in [0.1, 0.15) is 27.1 Å². The minimum Gasteiger partial charge on any atom is -0.486 e. The molecule has 7 heteroatoms. The lowest BCUT2D eigenvalue weighted by Crippen LogP contribution is -2.51. The molecule has 0 radical (unpaired) electrons. The van der Waals surface area contributed by atoms with E-state index >= 15 is 0 Å². The molecule has 2 aromatic rings. The molecule has 1 fully saturated rings. The number of carbonyl (C=O) groups excluding carboxylic acids is 1. The van der Waals surface area contributed by atoms with Gasteiger partial charge in [-0.3, -0.25) is 9.78 Å². The molecule has 0 bridgehead atoms. The van der Waals surface area contributed by atoms with Gasteiger partial charge in [-0.1, -0.05) is 0 Å². The molecule has 1 aromatic heterocycles. The lowest BCUT2D eigenvalue weighted by atomic mass is 10.1. The van der Waals surface area contributed by atoms with Gasteiger partial charge >= 0.3 is 5.97 Å². The van der Waals surface area contributed by atoms with Crippen LogP contribution in [-0.4, -0.2) is 47.3 Å². The van der Waals surface area contributed by atoms with Crippen LogP contribution in [-0.2, 0) is 4.74 Å². The van der Waals surface area contributed by atoms with Gasteiger partial charge in [0.2, 0.25) is 0 Å². The number of nitrogens with one attached hydrogen (secondary N) is 1. The molecular weight excluding hydrogens is 324 g/mol. The molecule has 0 aliphatic carbocycles. The lowest BCUT2D eigenvalue weighted by molar-refractivity contribution is -0.0135. The fraction of sp³-hybridized carbons (Fsp3) is 0.278.